The molecule has 0 amide bonds. The number of aryl methyl sites for hydroxylation is 1. The van der Waals surface area contributed by atoms with Crippen molar-refractivity contribution >= 4 is 0 Å². The van der Waals surface area contributed by atoms with Gasteiger partial charge in [0.05, 0.1) is 0 Å². The summed E-state index contributed by atoms with van der Waals surface area (Å²) in [4.78, 5) is 0. The van der Waals surface area contributed by atoms with Crippen LogP contribution >= 0.6 is 0 Å². The highest BCUT2D eigenvalue weighted by Crippen LogP contribution is 2.14. The second kappa shape index (κ2) is 5.21. The maximum absolute atomic E-state index is 4.06. The summed E-state index contributed by atoms with van der Waals surface area (Å²) in [5.41, 5.74) is 0. The average molecular weight is 209 g/mol. The topological polar surface area (TPSA) is 55.6 Å². The van der Waals surface area contributed by atoms with E-state index in [1.54, 1.807) is 0 Å². The van der Waals surface area contributed by atoms with Gasteiger partial charge in [-0.25, -0.2) is 4.68 Å². The van der Waals surface area contributed by atoms with E-state index in [9.17, 15) is 0 Å². The molecule has 84 valence electrons. The monoisotopic (exact) mass is 209 g/mol. The summed E-state index contributed by atoms with van der Waals surface area (Å²) in [5.74, 6) is 1.78. The molecular formula is C10H19N5. The summed E-state index contributed by atoms with van der Waals surface area (Å²) in [6.07, 6.45) is 4.57. The highest BCUT2D eigenvalue weighted by atomic mass is 15.5. The summed E-state index contributed by atoms with van der Waals surface area (Å²) in [6.45, 7) is 5.42. The second-order valence-corrected chi connectivity index (χ2v) is 4.22. The van der Waals surface area contributed by atoms with Gasteiger partial charge in [-0.15, -0.1) is 5.10 Å². The molecule has 0 aromatic carbocycles. The van der Waals surface area contributed by atoms with Gasteiger partial charge in [-0.05, 0) is 48.7 Å². The third-order valence-corrected chi connectivity index (χ3v) is 2.97. The van der Waals surface area contributed by atoms with Crippen molar-refractivity contribution in [1.82, 2.24) is 25.5 Å². The van der Waals surface area contributed by atoms with Gasteiger partial charge >= 0.3 is 0 Å². The van der Waals surface area contributed by atoms with Crippen LogP contribution in [0.1, 0.15) is 32.0 Å². The Balaban J connectivity index is 1.93. The van der Waals surface area contributed by atoms with Crippen molar-refractivity contribution in [3.63, 3.8) is 0 Å². The smallest absolute Gasteiger partial charge is 0.151 e. The Morgan fingerprint density at radius 1 is 1.40 bits per heavy atom. The molecule has 0 radical (unpaired) electrons. The molecule has 0 atom stereocenters. The van der Waals surface area contributed by atoms with Crippen LogP contribution in [0.15, 0.2) is 0 Å². The number of nitrogens with one attached hydrogen (secondary N) is 1. The van der Waals surface area contributed by atoms with Crippen LogP contribution in [-0.4, -0.2) is 33.3 Å². The first-order chi connectivity index (χ1) is 7.40. The molecule has 5 nitrogen and oxygen atoms in total. The molecule has 2 heterocycles. The number of hydrogen-bond acceptors (Lipinski definition) is 4. The molecule has 0 spiro atoms. The van der Waals surface area contributed by atoms with Crippen LogP contribution in [0.4, 0.5) is 0 Å². The van der Waals surface area contributed by atoms with Gasteiger partial charge in [0, 0.05) is 13.0 Å². The van der Waals surface area contributed by atoms with E-state index in [-0.39, 0.29) is 0 Å². The van der Waals surface area contributed by atoms with E-state index < -0.39 is 0 Å². The Bertz CT molecular complexity index is 290. The van der Waals surface area contributed by atoms with Crippen LogP contribution in [0.3, 0.4) is 0 Å². The van der Waals surface area contributed by atoms with Crippen molar-refractivity contribution in [2.45, 2.75) is 39.2 Å². The number of hydrogen-bond donors (Lipinski definition) is 1. The molecule has 2 rings (SSSR count). The van der Waals surface area contributed by atoms with Crippen molar-refractivity contribution in [2.75, 3.05) is 13.1 Å². The summed E-state index contributed by atoms with van der Waals surface area (Å²) < 4.78 is 1.99. The summed E-state index contributed by atoms with van der Waals surface area (Å²) in [6, 6.07) is 0. The largest absolute Gasteiger partial charge is 0.317 e. The number of tetrazole rings is 1. The second-order valence-electron chi connectivity index (χ2n) is 4.22. The molecule has 5 heteroatoms. The standard InChI is InChI=1S/C10H19N5/c1-2-3-10-12-13-14-15(10)8-9-4-6-11-7-5-9/h9,11H,2-8H2,1H3. The molecule has 1 saturated heterocycles. The van der Waals surface area contributed by atoms with Gasteiger partial charge in [0.1, 0.15) is 0 Å². The third-order valence-electron chi connectivity index (χ3n) is 2.97. The van der Waals surface area contributed by atoms with Gasteiger partial charge in [-0.3, -0.25) is 0 Å². The minimum absolute atomic E-state index is 0.741. The molecule has 1 aromatic heterocycles. The van der Waals surface area contributed by atoms with Gasteiger partial charge in [0.15, 0.2) is 5.82 Å². The van der Waals surface area contributed by atoms with E-state index in [0.717, 1.165) is 44.2 Å². The van der Waals surface area contributed by atoms with E-state index in [1.165, 1.54) is 12.8 Å². The van der Waals surface area contributed by atoms with Crippen LogP contribution in [0, 0.1) is 5.92 Å². The lowest BCUT2D eigenvalue weighted by Crippen LogP contribution is -2.30. The first-order valence-corrected chi connectivity index (χ1v) is 5.86. The summed E-state index contributed by atoms with van der Waals surface area (Å²) in [5, 5.41) is 15.2. The van der Waals surface area contributed by atoms with Crippen LogP contribution in [0.25, 0.3) is 0 Å². The molecule has 15 heavy (non-hydrogen) atoms. The van der Waals surface area contributed by atoms with Crippen molar-refractivity contribution < 1.29 is 0 Å². The molecule has 1 aliphatic heterocycles. The maximum atomic E-state index is 4.06. The van der Waals surface area contributed by atoms with Crippen LogP contribution < -0.4 is 5.32 Å². The fourth-order valence-electron chi connectivity index (χ4n) is 2.08. The molecule has 0 aliphatic carbocycles. The lowest BCUT2D eigenvalue weighted by atomic mass is 9.98. The van der Waals surface area contributed by atoms with Gasteiger partial charge in [0.2, 0.25) is 0 Å². The highest BCUT2D eigenvalue weighted by molar-refractivity contribution is 4.81. The molecule has 0 saturated carbocycles. The number of rotatable bonds is 4. The number of aromatic nitrogens is 4. The Morgan fingerprint density at radius 2 is 2.20 bits per heavy atom. The van der Waals surface area contributed by atoms with E-state index in [0.29, 0.717) is 0 Å². The van der Waals surface area contributed by atoms with Gasteiger partial charge in [-0.1, -0.05) is 6.92 Å². The van der Waals surface area contributed by atoms with E-state index >= 15 is 0 Å². The first kappa shape index (κ1) is 10.5. The normalized spacial score (nSPS) is 18.2. The third kappa shape index (κ3) is 2.75. The minimum atomic E-state index is 0.741. The van der Waals surface area contributed by atoms with Crippen LogP contribution in [-0.2, 0) is 13.0 Å². The lowest BCUT2D eigenvalue weighted by molar-refractivity contribution is 0.314. The van der Waals surface area contributed by atoms with Gasteiger partial charge in [0.25, 0.3) is 0 Å². The maximum Gasteiger partial charge on any atom is 0.151 e. The Labute approximate surface area is 90.2 Å². The quantitative estimate of drug-likeness (QED) is 0.790. The summed E-state index contributed by atoms with van der Waals surface area (Å²) in [7, 11) is 0. The lowest BCUT2D eigenvalue weighted by Gasteiger charge is -2.22. The molecule has 1 aromatic rings. The zero-order valence-corrected chi connectivity index (χ0v) is 9.32. The predicted octanol–water partition coefficient (Wildman–Crippen LogP) is 0.625. The molecule has 1 aliphatic rings. The Kier molecular flexibility index (Phi) is 3.66. The molecule has 0 bridgehead atoms. The van der Waals surface area contributed by atoms with Crippen molar-refractivity contribution in [1.29, 1.82) is 0 Å². The van der Waals surface area contributed by atoms with Gasteiger partial charge in [-0.2, -0.15) is 0 Å². The van der Waals surface area contributed by atoms with Gasteiger partial charge < -0.3 is 5.32 Å². The van der Waals surface area contributed by atoms with Crippen LogP contribution in [0.5, 0.6) is 0 Å². The fourth-order valence-corrected chi connectivity index (χ4v) is 2.08. The molecule has 0 unspecified atom stereocenters. The number of piperidine rings is 1. The fraction of sp³-hybridized carbons (Fsp3) is 0.900. The highest BCUT2D eigenvalue weighted by Gasteiger charge is 2.15. The zero-order valence-electron chi connectivity index (χ0n) is 9.32. The van der Waals surface area contributed by atoms with E-state index in [1.807, 2.05) is 4.68 Å². The zero-order chi connectivity index (χ0) is 10.5. The molecule has 1 N–H and O–H groups in total. The van der Waals surface area contributed by atoms with Crippen molar-refractivity contribution in [3.8, 4) is 0 Å². The first-order valence-electron chi connectivity index (χ1n) is 5.86. The predicted molar refractivity (Wildman–Crippen MR) is 57.4 cm³/mol. The number of nitrogens with zero attached hydrogens (tertiary/aromatic N) is 4. The van der Waals surface area contributed by atoms with Crippen LogP contribution in [0.2, 0.25) is 0 Å². The van der Waals surface area contributed by atoms with Crippen molar-refractivity contribution in [3.05, 3.63) is 5.82 Å². The van der Waals surface area contributed by atoms with Crippen molar-refractivity contribution in [2.24, 2.45) is 5.92 Å². The molecule has 1 fully saturated rings. The Hall–Kier alpha value is -0.970. The van der Waals surface area contributed by atoms with E-state index in [2.05, 4.69) is 27.8 Å². The SMILES string of the molecule is CCCc1nnnn1CC1CCNCC1. The molecular weight excluding hydrogens is 190 g/mol. The minimum Gasteiger partial charge on any atom is -0.317 e. The van der Waals surface area contributed by atoms with E-state index in [4.69, 9.17) is 0 Å². The summed E-state index contributed by atoms with van der Waals surface area (Å²) >= 11 is 0. The average Bonchev–Trinajstić information content (AvgIpc) is 2.68. The Morgan fingerprint density at radius 3 is 2.93 bits per heavy atom.